The summed E-state index contributed by atoms with van der Waals surface area (Å²) in [6, 6.07) is 9.75. The quantitative estimate of drug-likeness (QED) is 0.564. The minimum atomic E-state index is -0.249. The van der Waals surface area contributed by atoms with Gasteiger partial charge in [0.15, 0.2) is 10.6 Å². The second-order valence-corrected chi connectivity index (χ2v) is 8.73. The van der Waals surface area contributed by atoms with Gasteiger partial charge in [0, 0.05) is 23.5 Å². The number of rotatable bonds is 4. The molecule has 27 heavy (non-hydrogen) atoms. The van der Waals surface area contributed by atoms with Crippen LogP contribution in [0.5, 0.6) is 0 Å². The van der Waals surface area contributed by atoms with E-state index in [9.17, 15) is 4.39 Å². The van der Waals surface area contributed by atoms with Gasteiger partial charge in [-0.25, -0.2) is 9.07 Å². The van der Waals surface area contributed by atoms with E-state index >= 15 is 0 Å². The van der Waals surface area contributed by atoms with Gasteiger partial charge in [-0.05, 0) is 67.5 Å². The van der Waals surface area contributed by atoms with E-state index in [2.05, 4.69) is 27.8 Å². The third-order valence-corrected chi connectivity index (χ3v) is 7.02. The van der Waals surface area contributed by atoms with Gasteiger partial charge in [-0.2, -0.15) is 5.10 Å². The van der Waals surface area contributed by atoms with Crippen molar-refractivity contribution in [2.75, 3.05) is 6.54 Å². The molecule has 0 N–H and O–H groups in total. The van der Waals surface area contributed by atoms with Gasteiger partial charge in [-0.3, -0.25) is 9.47 Å². The van der Waals surface area contributed by atoms with E-state index in [0.717, 1.165) is 25.8 Å². The SMILES string of the molecule is C[C@H]1c2ccsc2CCN1Cn1nc(-c2ccccc2F)n(C2CC2)c1=S. The third kappa shape index (κ3) is 2.98. The number of halogens is 1. The molecule has 1 aliphatic carbocycles. The van der Waals surface area contributed by atoms with Crippen LogP contribution < -0.4 is 0 Å². The Hall–Kier alpha value is -1.83. The van der Waals surface area contributed by atoms with Gasteiger partial charge in [0.05, 0.1) is 12.2 Å². The fourth-order valence-corrected chi connectivity index (χ4v) is 5.22. The summed E-state index contributed by atoms with van der Waals surface area (Å²) >= 11 is 7.60. The Morgan fingerprint density at radius 2 is 2.07 bits per heavy atom. The number of nitrogens with zero attached hydrogens (tertiary/aromatic N) is 4. The van der Waals surface area contributed by atoms with Crippen LogP contribution in [0.3, 0.4) is 0 Å². The monoisotopic (exact) mass is 400 g/mol. The molecule has 3 aromatic rings. The topological polar surface area (TPSA) is 26.0 Å². The molecule has 1 aromatic carbocycles. The smallest absolute Gasteiger partial charge is 0.199 e. The molecule has 2 aromatic heterocycles. The van der Waals surface area contributed by atoms with Crippen LogP contribution in [-0.2, 0) is 13.1 Å². The van der Waals surface area contributed by atoms with Gasteiger partial charge in [0.25, 0.3) is 0 Å². The molecule has 1 saturated carbocycles. The fourth-order valence-electron chi connectivity index (χ4n) is 3.93. The van der Waals surface area contributed by atoms with Crippen LogP contribution >= 0.6 is 23.6 Å². The molecule has 0 unspecified atom stereocenters. The lowest BCUT2D eigenvalue weighted by atomic mass is 10.0. The zero-order chi connectivity index (χ0) is 18.5. The molecule has 140 valence electrons. The van der Waals surface area contributed by atoms with Crippen LogP contribution in [0.15, 0.2) is 35.7 Å². The van der Waals surface area contributed by atoms with Crippen LogP contribution in [0.4, 0.5) is 4.39 Å². The molecular weight excluding hydrogens is 379 g/mol. The van der Waals surface area contributed by atoms with E-state index in [-0.39, 0.29) is 5.82 Å². The van der Waals surface area contributed by atoms with Gasteiger partial charge in [0.1, 0.15) is 5.82 Å². The van der Waals surface area contributed by atoms with E-state index in [1.54, 1.807) is 12.1 Å². The van der Waals surface area contributed by atoms with E-state index in [1.165, 1.54) is 16.5 Å². The van der Waals surface area contributed by atoms with E-state index < -0.39 is 0 Å². The summed E-state index contributed by atoms with van der Waals surface area (Å²) < 4.78 is 19.1. The van der Waals surface area contributed by atoms with Crippen LogP contribution in [0.1, 0.15) is 42.3 Å². The predicted octanol–water partition coefficient (Wildman–Crippen LogP) is 5.19. The zero-order valence-corrected chi connectivity index (χ0v) is 16.8. The van der Waals surface area contributed by atoms with Crippen LogP contribution in [0, 0.1) is 10.6 Å². The first-order chi connectivity index (χ1) is 13.1. The molecule has 0 spiro atoms. The standard InChI is InChI=1S/C20H21FN4S2/c1-13-15-9-11-27-18(15)8-10-23(13)12-24-20(26)25(14-6-7-14)19(22-24)16-4-2-3-5-17(16)21/h2-5,9,11,13-14H,6-8,10,12H2,1H3/t13-/m0/s1. The van der Waals surface area contributed by atoms with Crippen molar-refractivity contribution in [1.29, 1.82) is 0 Å². The highest BCUT2D eigenvalue weighted by molar-refractivity contribution is 7.71. The first kappa shape index (κ1) is 17.3. The van der Waals surface area contributed by atoms with Crippen molar-refractivity contribution in [3.63, 3.8) is 0 Å². The minimum Gasteiger partial charge on any atom is -0.297 e. The Labute approximate surface area is 166 Å². The lowest BCUT2D eigenvalue weighted by Crippen LogP contribution is -2.35. The number of hydrogen-bond donors (Lipinski definition) is 0. The summed E-state index contributed by atoms with van der Waals surface area (Å²) in [5, 5.41) is 6.95. The summed E-state index contributed by atoms with van der Waals surface area (Å²) in [4.78, 5) is 3.89. The van der Waals surface area contributed by atoms with E-state index in [4.69, 9.17) is 17.3 Å². The summed E-state index contributed by atoms with van der Waals surface area (Å²) in [6.45, 7) is 3.86. The normalized spacial score (nSPS) is 20.0. The van der Waals surface area contributed by atoms with Crippen LogP contribution in [0.2, 0.25) is 0 Å². The van der Waals surface area contributed by atoms with Crippen molar-refractivity contribution in [2.45, 2.75) is 44.9 Å². The lowest BCUT2D eigenvalue weighted by molar-refractivity contribution is 0.144. The zero-order valence-electron chi connectivity index (χ0n) is 15.1. The lowest BCUT2D eigenvalue weighted by Gasteiger charge is -2.33. The van der Waals surface area contributed by atoms with Gasteiger partial charge < -0.3 is 0 Å². The number of aromatic nitrogens is 3. The fraction of sp³-hybridized carbons (Fsp3) is 0.400. The predicted molar refractivity (Wildman–Crippen MR) is 108 cm³/mol. The van der Waals surface area contributed by atoms with Crippen LogP contribution in [0.25, 0.3) is 11.4 Å². The van der Waals surface area contributed by atoms with Crippen LogP contribution in [-0.4, -0.2) is 25.8 Å². The largest absolute Gasteiger partial charge is 0.297 e. The number of hydrogen-bond acceptors (Lipinski definition) is 4. The number of fused-ring (bicyclic) bond motifs is 1. The van der Waals surface area contributed by atoms with Crippen molar-refractivity contribution < 1.29 is 4.39 Å². The van der Waals surface area contributed by atoms with Crippen molar-refractivity contribution in [1.82, 2.24) is 19.2 Å². The first-order valence-corrected chi connectivity index (χ1v) is 10.7. The molecule has 7 heteroatoms. The second kappa shape index (κ2) is 6.65. The molecule has 1 aliphatic heterocycles. The Bertz CT molecular complexity index is 1050. The molecule has 0 amide bonds. The summed E-state index contributed by atoms with van der Waals surface area (Å²) in [5.41, 5.74) is 1.94. The first-order valence-electron chi connectivity index (χ1n) is 9.38. The second-order valence-electron chi connectivity index (χ2n) is 7.37. The molecule has 0 bridgehead atoms. The minimum absolute atomic E-state index is 0.249. The molecule has 1 atom stereocenters. The van der Waals surface area contributed by atoms with Gasteiger partial charge in [-0.15, -0.1) is 11.3 Å². The summed E-state index contributed by atoms with van der Waals surface area (Å²) in [5.74, 6) is 0.405. The number of thiophene rings is 1. The van der Waals surface area contributed by atoms with E-state index in [1.807, 2.05) is 22.1 Å². The highest BCUT2D eigenvalue weighted by Gasteiger charge is 2.31. The molecule has 2 aliphatic rings. The number of benzene rings is 1. The average molecular weight is 401 g/mol. The highest BCUT2D eigenvalue weighted by Crippen LogP contribution is 2.39. The Morgan fingerprint density at radius 3 is 2.85 bits per heavy atom. The maximum Gasteiger partial charge on any atom is 0.199 e. The summed E-state index contributed by atoms with van der Waals surface area (Å²) in [6.07, 6.45) is 3.23. The molecule has 4 nitrogen and oxygen atoms in total. The molecule has 3 heterocycles. The van der Waals surface area contributed by atoms with Gasteiger partial charge in [-0.1, -0.05) is 12.1 Å². The average Bonchev–Trinajstić information content (AvgIpc) is 3.28. The maximum absolute atomic E-state index is 14.4. The Balaban J connectivity index is 1.52. The van der Waals surface area contributed by atoms with Gasteiger partial charge in [0.2, 0.25) is 0 Å². The molecule has 0 saturated heterocycles. The van der Waals surface area contributed by atoms with E-state index in [0.29, 0.717) is 34.9 Å². The van der Waals surface area contributed by atoms with Crippen molar-refractivity contribution in [3.8, 4) is 11.4 Å². The van der Waals surface area contributed by atoms with Gasteiger partial charge >= 0.3 is 0 Å². The summed E-state index contributed by atoms with van der Waals surface area (Å²) in [7, 11) is 0. The van der Waals surface area contributed by atoms with Crippen molar-refractivity contribution in [3.05, 3.63) is 56.7 Å². The van der Waals surface area contributed by atoms with Crippen molar-refractivity contribution in [2.24, 2.45) is 0 Å². The highest BCUT2D eigenvalue weighted by atomic mass is 32.1. The Kier molecular flexibility index (Phi) is 4.26. The molecule has 5 rings (SSSR count). The Morgan fingerprint density at radius 1 is 1.26 bits per heavy atom. The maximum atomic E-state index is 14.4. The van der Waals surface area contributed by atoms with Crippen molar-refractivity contribution >= 4 is 23.6 Å². The molecular formula is C20H21FN4S2. The molecule has 1 fully saturated rings. The molecule has 0 radical (unpaired) electrons. The third-order valence-electron chi connectivity index (χ3n) is 5.62.